The zero-order valence-electron chi connectivity index (χ0n) is 15.4. The van der Waals surface area contributed by atoms with E-state index in [0.29, 0.717) is 23.1 Å². The number of pyridine rings is 1. The summed E-state index contributed by atoms with van der Waals surface area (Å²) in [7, 11) is 0. The van der Waals surface area contributed by atoms with Gasteiger partial charge < -0.3 is 16.0 Å². The molecule has 0 aliphatic heterocycles. The van der Waals surface area contributed by atoms with Crippen molar-refractivity contribution in [3.05, 3.63) is 79.5 Å². The van der Waals surface area contributed by atoms with Crippen molar-refractivity contribution in [3.63, 3.8) is 0 Å². The Morgan fingerprint density at radius 3 is 2.34 bits per heavy atom. The number of carbonyl (C=O) groups excluding carboxylic acids is 1. The first kappa shape index (κ1) is 18.1. The van der Waals surface area contributed by atoms with Crippen LogP contribution in [0.2, 0.25) is 0 Å². The van der Waals surface area contributed by atoms with E-state index >= 15 is 0 Å². The van der Waals surface area contributed by atoms with E-state index in [1.807, 2.05) is 42.5 Å². The molecule has 4 rings (SSSR count). The maximum atomic E-state index is 12.0. The second kappa shape index (κ2) is 8.61. The molecule has 0 spiro atoms. The second-order valence-electron chi connectivity index (χ2n) is 6.08. The van der Waals surface area contributed by atoms with Gasteiger partial charge >= 0.3 is 0 Å². The summed E-state index contributed by atoms with van der Waals surface area (Å²) in [5.41, 5.74) is 1.53. The van der Waals surface area contributed by atoms with Crippen LogP contribution in [-0.4, -0.2) is 30.6 Å². The third-order valence-electron chi connectivity index (χ3n) is 3.89. The molecule has 9 heteroatoms. The molecular weight excluding hydrogens is 368 g/mol. The molecule has 0 bridgehead atoms. The monoisotopic (exact) mass is 386 g/mol. The van der Waals surface area contributed by atoms with E-state index < -0.39 is 0 Å². The highest BCUT2D eigenvalue weighted by molar-refractivity contribution is 5.90. The summed E-state index contributed by atoms with van der Waals surface area (Å²) >= 11 is 0. The molecule has 1 amide bonds. The van der Waals surface area contributed by atoms with Crippen molar-refractivity contribution in [2.45, 2.75) is 6.54 Å². The quantitative estimate of drug-likeness (QED) is 0.447. The molecule has 0 radical (unpaired) electrons. The molecule has 3 aromatic heterocycles. The van der Waals surface area contributed by atoms with Crippen LogP contribution in [0.15, 0.2) is 79.5 Å². The highest BCUT2D eigenvalue weighted by atomic mass is 16.2. The number of amides is 1. The van der Waals surface area contributed by atoms with Gasteiger partial charge in [0.2, 0.25) is 5.91 Å². The summed E-state index contributed by atoms with van der Waals surface area (Å²) in [6.07, 6.45) is 6.55. The standard InChI is InChI=1S/C20H18N8O/c29-20(13-28-11-3-10-24-28)26-16-7-5-15(6-8-16)25-18-12-19(23-14-22-18)27-17-4-1-2-9-21-17/h1-12,14H,13H2,(H,26,29)(H2,21,22,23,25,27). The second-order valence-corrected chi connectivity index (χ2v) is 6.08. The molecule has 9 nitrogen and oxygen atoms in total. The van der Waals surface area contributed by atoms with Gasteiger partial charge in [-0.3, -0.25) is 9.48 Å². The number of anilines is 5. The molecule has 0 aliphatic rings. The average molecular weight is 386 g/mol. The summed E-state index contributed by atoms with van der Waals surface area (Å²) in [4.78, 5) is 24.7. The molecule has 0 atom stereocenters. The number of benzene rings is 1. The van der Waals surface area contributed by atoms with Crippen LogP contribution in [0.3, 0.4) is 0 Å². The summed E-state index contributed by atoms with van der Waals surface area (Å²) in [5, 5.41) is 13.2. The molecule has 0 unspecified atom stereocenters. The fourth-order valence-corrected chi connectivity index (χ4v) is 2.59. The van der Waals surface area contributed by atoms with E-state index in [0.717, 1.165) is 5.69 Å². The first-order valence-corrected chi connectivity index (χ1v) is 8.89. The Bertz CT molecular complexity index is 1070. The van der Waals surface area contributed by atoms with E-state index in [1.165, 1.54) is 6.33 Å². The first-order chi connectivity index (χ1) is 14.2. The van der Waals surface area contributed by atoms with Gasteiger partial charge in [0.1, 0.15) is 30.3 Å². The van der Waals surface area contributed by atoms with Gasteiger partial charge in [0.05, 0.1) is 0 Å². The molecule has 3 N–H and O–H groups in total. The lowest BCUT2D eigenvalue weighted by Crippen LogP contribution is -2.18. The van der Waals surface area contributed by atoms with Crippen LogP contribution in [0.5, 0.6) is 0 Å². The van der Waals surface area contributed by atoms with Gasteiger partial charge in [0, 0.05) is 36.0 Å². The number of carbonyl (C=O) groups is 1. The SMILES string of the molecule is O=C(Cn1cccn1)Nc1ccc(Nc2cc(Nc3ccccn3)ncn2)cc1. The van der Waals surface area contributed by atoms with Crippen LogP contribution in [0.1, 0.15) is 0 Å². The highest BCUT2D eigenvalue weighted by Crippen LogP contribution is 2.20. The fourth-order valence-electron chi connectivity index (χ4n) is 2.59. The molecule has 0 saturated heterocycles. The number of nitrogens with one attached hydrogen (secondary N) is 3. The Morgan fingerprint density at radius 1 is 0.828 bits per heavy atom. The lowest BCUT2D eigenvalue weighted by Gasteiger charge is -2.09. The number of nitrogens with zero attached hydrogens (tertiary/aromatic N) is 5. The Kier molecular flexibility index (Phi) is 5.38. The van der Waals surface area contributed by atoms with Gasteiger partial charge in [0.15, 0.2) is 0 Å². The zero-order valence-corrected chi connectivity index (χ0v) is 15.4. The maximum Gasteiger partial charge on any atom is 0.246 e. The lowest BCUT2D eigenvalue weighted by atomic mass is 10.2. The van der Waals surface area contributed by atoms with Crippen LogP contribution < -0.4 is 16.0 Å². The Labute approximate surface area is 166 Å². The van der Waals surface area contributed by atoms with Gasteiger partial charge in [-0.05, 0) is 42.5 Å². The summed E-state index contributed by atoms with van der Waals surface area (Å²) < 4.78 is 1.57. The van der Waals surface area contributed by atoms with E-state index in [9.17, 15) is 4.79 Å². The van der Waals surface area contributed by atoms with Crippen LogP contribution in [0.25, 0.3) is 0 Å². The third-order valence-corrected chi connectivity index (χ3v) is 3.89. The van der Waals surface area contributed by atoms with Crippen molar-refractivity contribution < 1.29 is 4.79 Å². The van der Waals surface area contributed by atoms with Crippen molar-refractivity contribution >= 4 is 34.7 Å². The molecule has 0 saturated carbocycles. The number of hydrogen-bond donors (Lipinski definition) is 3. The minimum absolute atomic E-state index is 0.143. The molecule has 144 valence electrons. The number of aromatic nitrogens is 5. The van der Waals surface area contributed by atoms with Gasteiger partial charge in [-0.1, -0.05) is 6.07 Å². The first-order valence-electron chi connectivity index (χ1n) is 8.89. The van der Waals surface area contributed by atoms with E-state index in [-0.39, 0.29) is 12.5 Å². The minimum Gasteiger partial charge on any atom is -0.340 e. The zero-order chi connectivity index (χ0) is 19.9. The summed E-state index contributed by atoms with van der Waals surface area (Å²) in [6.45, 7) is 0.167. The molecule has 4 aromatic rings. The van der Waals surface area contributed by atoms with E-state index in [1.54, 1.807) is 35.4 Å². The van der Waals surface area contributed by atoms with Gasteiger partial charge in [-0.15, -0.1) is 0 Å². The highest BCUT2D eigenvalue weighted by Gasteiger charge is 2.05. The molecule has 29 heavy (non-hydrogen) atoms. The fraction of sp³-hybridized carbons (Fsp3) is 0.0500. The molecular formula is C20H18N8O. The smallest absolute Gasteiger partial charge is 0.246 e. The van der Waals surface area contributed by atoms with E-state index in [2.05, 4.69) is 36.0 Å². The molecule has 0 fully saturated rings. The summed E-state index contributed by atoms with van der Waals surface area (Å²) in [6, 6.07) is 16.5. The normalized spacial score (nSPS) is 10.3. The van der Waals surface area contributed by atoms with Crippen molar-refractivity contribution in [1.29, 1.82) is 0 Å². The third kappa shape index (κ3) is 5.13. The van der Waals surface area contributed by atoms with Crippen LogP contribution in [-0.2, 0) is 11.3 Å². The van der Waals surface area contributed by atoms with Crippen molar-refractivity contribution in [1.82, 2.24) is 24.7 Å². The molecule has 0 aliphatic carbocycles. The molecule has 3 heterocycles. The Hall–Kier alpha value is -4.27. The van der Waals surface area contributed by atoms with Crippen molar-refractivity contribution in [2.75, 3.05) is 16.0 Å². The number of hydrogen-bond acceptors (Lipinski definition) is 7. The van der Waals surface area contributed by atoms with Gasteiger partial charge in [-0.2, -0.15) is 5.10 Å². The van der Waals surface area contributed by atoms with Gasteiger partial charge in [0.25, 0.3) is 0 Å². The Morgan fingerprint density at radius 2 is 1.62 bits per heavy atom. The largest absolute Gasteiger partial charge is 0.340 e. The summed E-state index contributed by atoms with van der Waals surface area (Å²) in [5.74, 6) is 1.82. The lowest BCUT2D eigenvalue weighted by molar-refractivity contribution is -0.116. The van der Waals surface area contributed by atoms with Crippen LogP contribution in [0, 0.1) is 0 Å². The van der Waals surface area contributed by atoms with Crippen molar-refractivity contribution in [2.24, 2.45) is 0 Å². The maximum absolute atomic E-state index is 12.0. The Balaban J connectivity index is 1.36. The average Bonchev–Trinajstić information content (AvgIpc) is 3.23. The number of rotatable bonds is 7. The van der Waals surface area contributed by atoms with Crippen LogP contribution in [0.4, 0.5) is 28.8 Å². The minimum atomic E-state index is -0.143. The van der Waals surface area contributed by atoms with Crippen LogP contribution >= 0.6 is 0 Å². The van der Waals surface area contributed by atoms with Gasteiger partial charge in [-0.25, -0.2) is 15.0 Å². The van der Waals surface area contributed by atoms with E-state index in [4.69, 9.17) is 0 Å². The topological polar surface area (TPSA) is 110 Å². The molecule has 1 aromatic carbocycles. The van der Waals surface area contributed by atoms with Crippen molar-refractivity contribution in [3.8, 4) is 0 Å². The predicted octanol–water partition coefficient (Wildman–Crippen LogP) is 3.19. The predicted molar refractivity (Wildman–Crippen MR) is 110 cm³/mol.